The molecule has 0 fully saturated rings. The van der Waals surface area contributed by atoms with Crippen molar-refractivity contribution in [1.29, 1.82) is 0 Å². The lowest BCUT2D eigenvalue weighted by molar-refractivity contribution is 0.313. The van der Waals surface area contributed by atoms with Crippen LogP contribution < -0.4 is 4.74 Å². The molecule has 90 valence electrons. The SMILES string of the molecule is CCCCOc1cccc2c(CC)cccc12. The monoisotopic (exact) mass is 228 g/mol. The Kier molecular flexibility index (Phi) is 4.03. The molecule has 0 amide bonds. The molecule has 0 radical (unpaired) electrons. The Morgan fingerprint density at radius 2 is 1.71 bits per heavy atom. The van der Waals surface area contributed by atoms with Gasteiger partial charge in [0.1, 0.15) is 5.75 Å². The number of fused-ring (bicyclic) bond motifs is 1. The fraction of sp³-hybridized carbons (Fsp3) is 0.375. The minimum Gasteiger partial charge on any atom is -0.493 e. The average molecular weight is 228 g/mol. The minimum atomic E-state index is 0.811. The molecule has 0 aliphatic rings. The van der Waals surface area contributed by atoms with E-state index < -0.39 is 0 Å². The highest BCUT2D eigenvalue weighted by Crippen LogP contribution is 2.28. The summed E-state index contributed by atoms with van der Waals surface area (Å²) < 4.78 is 5.86. The Morgan fingerprint density at radius 3 is 2.47 bits per heavy atom. The Morgan fingerprint density at radius 1 is 0.941 bits per heavy atom. The van der Waals surface area contributed by atoms with Crippen molar-refractivity contribution in [2.45, 2.75) is 33.1 Å². The van der Waals surface area contributed by atoms with Crippen molar-refractivity contribution in [2.75, 3.05) is 6.61 Å². The highest BCUT2D eigenvalue weighted by atomic mass is 16.5. The molecule has 2 aromatic rings. The van der Waals surface area contributed by atoms with Gasteiger partial charge in [0, 0.05) is 5.39 Å². The highest BCUT2D eigenvalue weighted by molar-refractivity contribution is 5.90. The Hall–Kier alpha value is -1.50. The van der Waals surface area contributed by atoms with Crippen LogP contribution in [0.4, 0.5) is 0 Å². The summed E-state index contributed by atoms with van der Waals surface area (Å²) in [6.07, 6.45) is 3.35. The molecule has 0 N–H and O–H groups in total. The molecule has 1 heteroatoms. The molecule has 0 bridgehead atoms. The van der Waals surface area contributed by atoms with E-state index in [1.54, 1.807) is 0 Å². The molecule has 0 aromatic heterocycles. The number of rotatable bonds is 5. The first-order valence-corrected chi connectivity index (χ1v) is 6.50. The van der Waals surface area contributed by atoms with Crippen molar-refractivity contribution < 1.29 is 4.74 Å². The summed E-state index contributed by atoms with van der Waals surface area (Å²) in [6.45, 7) is 5.19. The smallest absolute Gasteiger partial charge is 0.127 e. The van der Waals surface area contributed by atoms with Crippen molar-refractivity contribution in [2.24, 2.45) is 0 Å². The third-order valence-electron chi connectivity index (χ3n) is 3.11. The van der Waals surface area contributed by atoms with Gasteiger partial charge in [-0.05, 0) is 29.9 Å². The van der Waals surface area contributed by atoms with Gasteiger partial charge in [0.2, 0.25) is 0 Å². The maximum atomic E-state index is 5.86. The van der Waals surface area contributed by atoms with E-state index in [0.717, 1.165) is 25.2 Å². The Balaban J connectivity index is 2.36. The topological polar surface area (TPSA) is 9.23 Å². The van der Waals surface area contributed by atoms with Crippen LogP contribution in [0.3, 0.4) is 0 Å². The molecule has 1 nitrogen and oxygen atoms in total. The number of hydrogen-bond acceptors (Lipinski definition) is 1. The van der Waals surface area contributed by atoms with E-state index in [2.05, 4.69) is 50.2 Å². The van der Waals surface area contributed by atoms with Crippen LogP contribution in [0.5, 0.6) is 5.75 Å². The number of unbranched alkanes of at least 4 members (excludes halogenated alkanes) is 1. The zero-order valence-corrected chi connectivity index (χ0v) is 10.7. The Labute approximate surface area is 103 Å². The maximum Gasteiger partial charge on any atom is 0.127 e. The van der Waals surface area contributed by atoms with Gasteiger partial charge >= 0.3 is 0 Å². The van der Waals surface area contributed by atoms with Crippen LogP contribution >= 0.6 is 0 Å². The van der Waals surface area contributed by atoms with Gasteiger partial charge in [0.15, 0.2) is 0 Å². The summed E-state index contributed by atoms with van der Waals surface area (Å²) in [5.74, 6) is 1.02. The molecule has 0 heterocycles. The van der Waals surface area contributed by atoms with Gasteiger partial charge < -0.3 is 4.74 Å². The van der Waals surface area contributed by atoms with E-state index in [9.17, 15) is 0 Å². The molecular formula is C16H20O. The Bertz CT molecular complexity index is 488. The van der Waals surface area contributed by atoms with Gasteiger partial charge in [-0.1, -0.05) is 50.6 Å². The summed E-state index contributed by atoms with van der Waals surface area (Å²) in [7, 11) is 0. The van der Waals surface area contributed by atoms with Crippen molar-refractivity contribution >= 4 is 10.8 Å². The second-order valence-corrected chi connectivity index (χ2v) is 4.32. The van der Waals surface area contributed by atoms with Crippen LogP contribution in [-0.2, 0) is 6.42 Å². The van der Waals surface area contributed by atoms with Crippen LogP contribution in [-0.4, -0.2) is 6.61 Å². The average Bonchev–Trinajstić information content (AvgIpc) is 2.38. The lowest BCUT2D eigenvalue weighted by atomic mass is 10.0. The van der Waals surface area contributed by atoms with Crippen molar-refractivity contribution in [3.63, 3.8) is 0 Å². The molecule has 0 unspecified atom stereocenters. The largest absolute Gasteiger partial charge is 0.493 e. The highest BCUT2D eigenvalue weighted by Gasteiger charge is 2.04. The van der Waals surface area contributed by atoms with Gasteiger partial charge in [-0.25, -0.2) is 0 Å². The third-order valence-corrected chi connectivity index (χ3v) is 3.11. The lowest BCUT2D eigenvalue weighted by Gasteiger charge is -2.10. The second kappa shape index (κ2) is 5.72. The van der Waals surface area contributed by atoms with Gasteiger partial charge in [-0.3, -0.25) is 0 Å². The van der Waals surface area contributed by atoms with Gasteiger partial charge in [0.25, 0.3) is 0 Å². The molecular weight excluding hydrogens is 208 g/mol. The molecule has 2 rings (SSSR count). The summed E-state index contributed by atoms with van der Waals surface area (Å²) in [5.41, 5.74) is 1.39. The number of benzene rings is 2. The van der Waals surface area contributed by atoms with E-state index in [4.69, 9.17) is 4.74 Å². The number of hydrogen-bond donors (Lipinski definition) is 0. The van der Waals surface area contributed by atoms with Crippen molar-refractivity contribution in [1.82, 2.24) is 0 Å². The predicted molar refractivity (Wildman–Crippen MR) is 73.7 cm³/mol. The molecule has 0 aliphatic heterocycles. The minimum absolute atomic E-state index is 0.811. The molecule has 0 saturated heterocycles. The van der Waals surface area contributed by atoms with E-state index >= 15 is 0 Å². The van der Waals surface area contributed by atoms with Crippen LogP contribution in [0, 0.1) is 0 Å². The predicted octanol–water partition coefficient (Wildman–Crippen LogP) is 4.58. The molecule has 0 atom stereocenters. The quantitative estimate of drug-likeness (QED) is 0.680. The molecule has 0 saturated carbocycles. The molecule has 0 aliphatic carbocycles. The summed E-state index contributed by atoms with van der Waals surface area (Å²) in [6, 6.07) is 12.8. The zero-order valence-electron chi connectivity index (χ0n) is 10.7. The van der Waals surface area contributed by atoms with Crippen LogP contribution in [0.1, 0.15) is 32.3 Å². The van der Waals surface area contributed by atoms with Gasteiger partial charge in [-0.15, -0.1) is 0 Å². The zero-order chi connectivity index (χ0) is 12.1. The summed E-state index contributed by atoms with van der Waals surface area (Å²) >= 11 is 0. The van der Waals surface area contributed by atoms with E-state index in [1.165, 1.54) is 22.8 Å². The number of aryl methyl sites for hydroxylation is 1. The standard InChI is InChI=1S/C16H20O/c1-3-5-12-17-16-11-7-9-14-13(4-2)8-6-10-15(14)16/h6-11H,3-5,12H2,1-2H3. The first-order valence-electron chi connectivity index (χ1n) is 6.50. The summed E-state index contributed by atoms with van der Waals surface area (Å²) in [5, 5.41) is 2.56. The maximum absolute atomic E-state index is 5.86. The van der Waals surface area contributed by atoms with Crippen LogP contribution in [0.25, 0.3) is 10.8 Å². The fourth-order valence-electron chi connectivity index (χ4n) is 2.11. The summed E-state index contributed by atoms with van der Waals surface area (Å²) in [4.78, 5) is 0. The molecule has 0 spiro atoms. The second-order valence-electron chi connectivity index (χ2n) is 4.32. The van der Waals surface area contributed by atoms with E-state index in [-0.39, 0.29) is 0 Å². The van der Waals surface area contributed by atoms with Crippen molar-refractivity contribution in [3.05, 3.63) is 42.0 Å². The normalized spacial score (nSPS) is 10.7. The first-order chi connectivity index (χ1) is 8.36. The first kappa shape index (κ1) is 12.0. The van der Waals surface area contributed by atoms with Gasteiger partial charge in [0.05, 0.1) is 6.61 Å². The van der Waals surface area contributed by atoms with Crippen molar-refractivity contribution in [3.8, 4) is 5.75 Å². The molecule has 2 aromatic carbocycles. The van der Waals surface area contributed by atoms with E-state index in [1.807, 2.05) is 0 Å². The van der Waals surface area contributed by atoms with Gasteiger partial charge in [-0.2, -0.15) is 0 Å². The number of ether oxygens (including phenoxy) is 1. The van der Waals surface area contributed by atoms with Crippen LogP contribution in [0.15, 0.2) is 36.4 Å². The van der Waals surface area contributed by atoms with Crippen LogP contribution in [0.2, 0.25) is 0 Å². The third kappa shape index (κ3) is 2.60. The lowest BCUT2D eigenvalue weighted by Crippen LogP contribution is -1.97. The van der Waals surface area contributed by atoms with E-state index in [0.29, 0.717) is 0 Å². The molecule has 17 heavy (non-hydrogen) atoms. The fourth-order valence-corrected chi connectivity index (χ4v) is 2.11.